The van der Waals surface area contributed by atoms with Gasteiger partial charge in [0.05, 0.1) is 39.3 Å². The van der Waals surface area contributed by atoms with E-state index in [1.807, 2.05) is 225 Å². The second-order valence-electron chi connectivity index (χ2n) is 29.3. The van der Waals surface area contributed by atoms with E-state index in [4.69, 9.17) is 25.3 Å². The molecule has 132 heavy (non-hydrogen) atoms. The van der Waals surface area contributed by atoms with Gasteiger partial charge >= 0.3 is 0 Å². The van der Waals surface area contributed by atoms with Crippen LogP contribution in [0.15, 0.2) is 424 Å². The number of allylic oxidation sites excluding steroid dienone is 6. The maximum atomic E-state index is 10.0. The van der Waals surface area contributed by atoms with Crippen LogP contribution in [0, 0.1) is 36.4 Å². The van der Waals surface area contributed by atoms with Crippen LogP contribution in [0.4, 0.5) is 0 Å². The van der Waals surface area contributed by atoms with Crippen molar-refractivity contribution in [2.45, 2.75) is 41.5 Å². The maximum absolute atomic E-state index is 10.0. The van der Waals surface area contributed by atoms with E-state index >= 15 is 0 Å². The van der Waals surface area contributed by atoms with Gasteiger partial charge in [0, 0.05) is 131 Å². The monoisotopic (exact) mass is 2610 g/mol. The van der Waals surface area contributed by atoms with Gasteiger partial charge in [-0.1, -0.05) is 252 Å². The number of ketones is 3. The molecule has 0 saturated heterocycles. The van der Waals surface area contributed by atoms with Crippen molar-refractivity contribution < 1.29 is 130 Å². The standard InChI is InChI=1S/C25H14N.C19H12N.3C15H10N.C11H8N.3C5H8O2.5Ir/c1-2-7-22-16(4-1)12-15-23(26-22)20-13-10-19-9-8-17-5-3-6-18-11-14-21(20)25(19)24(17)18;1-2-7-16-13-17(10-9-14(16)5-1)19-12-11-15-6-3-4-8-18(15)20-19;1-2-6-12(7-3-1)15-10-13-8-4-5-9-14(13)11-16-15;2*1-2-6-12(7-3-1)15-11-10-13-8-4-5-9-14(13)16-15;1-2-6-10(7-3-1)11-8-4-5-9-12-11;3*1-4(6)3-5(2)7;;;;;/h1-12,14-15H;1-9,11-13H;3*1-6,8-11H;1-6,8-9H;3*3,6H,1-2H3;;;;;/q6*-1;;;;;;;;. The molecule has 0 bridgehead atoms. The SMILES string of the molecule is CC(=O)C=C(C)O.CC(=O)C=C(C)O.CC(=O)C=C(C)O.[Ir].[Ir].[Ir].[Ir].[Ir].[c-]1cc2ccc3cccc4ccc(c1-c1ccc5ccccc5n1)c2c34.[c-]1cc2ccccc2cc1-c1ccc2ccccc2n1.[c-]1ccccc1-c1cc2ccccc2cn1.[c-]1ccccc1-c1ccc2ccccc2n1.[c-]1ccccc1-c1ccc2ccccc2n1.[c-]1ccccc1-c1ccccn1. The molecule has 6 aromatic heterocycles. The van der Waals surface area contributed by atoms with Gasteiger partial charge in [0.2, 0.25) is 0 Å². The van der Waals surface area contributed by atoms with Crippen LogP contribution in [-0.2, 0) is 115 Å². The second kappa shape index (κ2) is 53.1. The number of aromatic nitrogens is 6. The number of fused-ring (bicyclic) bond motifs is 6. The van der Waals surface area contributed by atoms with Gasteiger partial charge in [-0.15, -0.1) is 190 Å². The molecule has 0 unspecified atom stereocenters. The Morgan fingerprint density at radius 3 is 0.977 bits per heavy atom. The predicted octanol–water partition coefficient (Wildman–Crippen LogP) is 28.2. The fourth-order valence-electron chi connectivity index (χ4n) is 13.9. The average Bonchev–Trinajstić information content (AvgIpc) is 0.733. The summed E-state index contributed by atoms with van der Waals surface area (Å²) in [6.07, 6.45) is 7.20. The molecule has 12 nitrogen and oxygen atoms in total. The third-order valence-corrected chi connectivity index (χ3v) is 19.5. The largest absolute Gasteiger partial charge is 0.512 e. The zero-order valence-corrected chi connectivity index (χ0v) is 84.6. The van der Waals surface area contributed by atoms with Gasteiger partial charge < -0.3 is 25.3 Å². The van der Waals surface area contributed by atoms with Crippen LogP contribution in [0.25, 0.3) is 165 Å². The number of rotatable bonds is 9. The fourth-order valence-corrected chi connectivity index (χ4v) is 13.9. The molecule has 0 atom stereocenters. The summed E-state index contributed by atoms with van der Waals surface area (Å²) in [7, 11) is 0. The summed E-state index contributed by atoms with van der Waals surface area (Å²) in [4.78, 5) is 57.6. The average molecular weight is 2610 g/mol. The van der Waals surface area contributed by atoms with E-state index in [-0.39, 0.29) is 135 Å². The Balaban J connectivity index is 0.000000188. The Morgan fingerprint density at radius 1 is 0.250 bits per heavy atom. The van der Waals surface area contributed by atoms with Gasteiger partial charge in [0.1, 0.15) is 0 Å². The van der Waals surface area contributed by atoms with Crippen LogP contribution < -0.4 is 0 Å². The third kappa shape index (κ3) is 30.1. The van der Waals surface area contributed by atoms with Gasteiger partial charge in [0.25, 0.3) is 0 Å². The minimum Gasteiger partial charge on any atom is -0.512 e. The number of nitrogens with zero attached hydrogens (tertiary/aromatic N) is 6. The molecule has 21 rings (SSSR count). The molecular weight excluding hydrogens is 2520 g/mol. The Morgan fingerprint density at radius 2 is 0.576 bits per heavy atom. The molecule has 6 heterocycles. The molecule has 17 heteroatoms. The Bertz CT molecular complexity index is 6920. The number of hydrogen-bond acceptors (Lipinski definition) is 12. The molecule has 0 fully saturated rings. The summed E-state index contributed by atoms with van der Waals surface area (Å²) in [5, 5.41) is 42.2. The van der Waals surface area contributed by atoms with Gasteiger partial charge in [-0.25, -0.2) is 0 Å². The predicted molar refractivity (Wildman–Crippen MR) is 521 cm³/mol. The first-order valence-electron chi connectivity index (χ1n) is 41.1. The molecule has 0 aliphatic carbocycles. The van der Waals surface area contributed by atoms with Crippen molar-refractivity contribution in [3.63, 3.8) is 0 Å². The van der Waals surface area contributed by atoms with E-state index in [9.17, 15) is 14.4 Å². The van der Waals surface area contributed by atoms with Gasteiger partial charge in [-0.05, 0) is 155 Å². The van der Waals surface area contributed by atoms with Gasteiger partial charge in [-0.3, -0.25) is 34.3 Å². The first-order chi connectivity index (χ1) is 61.9. The van der Waals surface area contributed by atoms with Crippen molar-refractivity contribution in [1.82, 2.24) is 29.9 Å². The number of aliphatic hydroxyl groups excluding tert-OH is 3. The number of aliphatic hydroxyl groups is 3. The van der Waals surface area contributed by atoms with Crippen molar-refractivity contribution in [3.8, 4) is 67.5 Å². The van der Waals surface area contributed by atoms with Crippen LogP contribution >= 0.6 is 0 Å². The van der Waals surface area contributed by atoms with E-state index in [1.165, 1.54) is 124 Å². The zero-order valence-electron chi connectivity index (χ0n) is 72.6. The smallest absolute Gasteiger partial charge is 0.155 e. The molecule has 15 aromatic carbocycles. The number of carbonyl (C=O) groups is 3. The molecule has 0 spiro atoms. The van der Waals surface area contributed by atoms with Crippen LogP contribution in [0.2, 0.25) is 0 Å². The summed E-state index contributed by atoms with van der Waals surface area (Å²) in [6.45, 7) is 8.54. The molecular formula is C115H88Ir5N6O6-6. The second-order valence-corrected chi connectivity index (χ2v) is 29.3. The minimum absolute atomic E-state index is 0. The van der Waals surface area contributed by atoms with E-state index in [1.54, 1.807) is 6.20 Å². The quantitative estimate of drug-likeness (QED) is 0.0538. The van der Waals surface area contributed by atoms with E-state index in [2.05, 4.69) is 214 Å². The van der Waals surface area contributed by atoms with E-state index in [0.717, 1.165) is 100 Å². The molecule has 0 aliphatic heterocycles. The fraction of sp³-hybridized carbons (Fsp3) is 0.0522. The molecule has 665 valence electrons. The summed E-state index contributed by atoms with van der Waals surface area (Å²) >= 11 is 0. The maximum Gasteiger partial charge on any atom is 0.155 e. The van der Waals surface area contributed by atoms with Crippen LogP contribution in [0.3, 0.4) is 0 Å². The van der Waals surface area contributed by atoms with Crippen molar-refractivity contribution in [1.29, 1.82) is 0 Å². The summed E-state index contributed by atoms with van der Waals surface area (Å²) in [5.41, 5.74) is 16.2. The third-order valence-electron chi connectivity index (χ3n) is 19.5. The molecule has 0 aliphatic rings. The number of hydrogen-bond donors (Lipinski definition) is 3. The first kappa shape index (κ1) is 104. The van der Waals surface area contributed by atoms with Crippen LogP contribution in [0.5, 0.6) is 0 Å². The van der Waals surface area contributed by atoms with E-state index < -0.39 is 0 Å². The number of benzene rings is 15. The van der Waals surface area contributed by atoms with Crippen molar-refractivity contribution >= 4 is 115 Å². The Labute approximate surface area is 836 Å². The number of para-hydroxylation sites is 4. The first-order valence-corrected chi connectivity index (χ1v) is 41.1. The van der Waals surface area contributed by atoms with Crippen LogP contribution in [0.1, 0.15) is 41.5 Å². The summed E-state index contributed by atoms with van der Waals surface area (Å²) in [6, 6.07) is 147. The Hall–Kier alpha value is -13.3. The topological polar surface area (TPSA) is 189 Å². The number of carbonyl (C=O) groups excluding carboxylic acids is 3. The van der Waals surface area contributed by atoms with Crippen molar-refractivity contribution in [2.24, 2.45) is 0 Å². The molecule has 0 amide bonds. The zero-order chi connectivity index (χ0) is 88.6. The van der Waals surface area contributed by atoms with Gasteiger partial charge in [0.15, 0.2) is 17.3 Å². The molecule has 0 saturated carbocycles. The molecule has 5 radical (unpaired) electrons. The summed E-state index contributed by atoms with van der Waals surface area (Å²) < 4.78 is 0. The number of pyridine rings is 6. The molecule has 21 aromatic rings. The van der Waals surface area contributed by atoms with E-state index in [0.29, 0.717) is 0 Å². The van der Waals surface area contributed by atoms with Crippen molar-refractivity contribution in [3.05, 3.63) is 460 Å². The molecule has 3 N–H and O–H groups in total. The Kier molecular flexibility index (Phi) is 41.9. The normalized spacial score (nSPS) is 10.5. The minimum atomic E-state index is -0.125. The van der Waals surface area contributed by atoms with Crippen LogP contribution in [-0.4, -0.2) is 62.6 Å². The van der Waals surface area contributed by atoms with Gasteiger partial charge in [-0.2, -0.15) is 0 Å². The summed E-state index contributed by atoms with van der Waals surface area (Å²) in [5.74, 6) is -0.187. The van der Waals surface area contributed by atoms with Crippen molar-refractivity contribution in [2.75, 3.05) is 0 Å².